The van der Waals surface area contributed by atoms with Crippen LogP contribution in [0.3, 0.4) is 0 Å². The topological polar surface area (TPSA) is 49.7 Å². The summed E-state index contributed by atoms with van der Waals surface area (Å²) in [6.07, 6.45) is 2.16. The summed E-state index contributed by atoms with van der Waals surface area (Å²) in [6, 6.07) is 3.04. The van der Waals surface area contributed by atoms with Crippen molar-refractivity contribution in [1.29, 1.82) is 0 Å². The maximum atomic E-state index is 14.0. The zero-order valence-corrected chi connectivity index (χ0v) is 11.2. The Balaban J connectivity index is 2.20. The second-order valence-corrected chi connectivity index (χ2v) is 5.18. The van der Waals surface area contributed by atoms with Crippen molar-refractivity contribution in [3.8, 4) is 5.75 Å². The Kier molecular flexibility index (Phi) is 4.77. The van der Waals surface area contributed by atoms with Gasteiger partial charge in [0.15, 0.2) is 0 Å². The standard InChI is InChI=1S/C15H21FO3/c1-2-3-10-6-11-7-13(16)12(14(18)4-5-17)8-15(11)19-9-10/h7-8,10,14,17-18H,2-6,9H2,1H3. The van der Waals surface area contributed by atoms with E-state index in [1.807, 2.05) is 0 Å². The fraction of sp³-hybridized carbons (Fsp3) is 0.600. The molecule has 106 valence electrons. The minimum absolute atomic E-state index is 0.133. The molecule has 0 fully saturated rings. The first-order valence-electron chi connectivity index (χ1n) is 6.89. The van der Waals surface area contributed by atoms with Gasteiger partial charge in [-0.15, -0.1) is 0 Å². The molecule has 1 heterocycles. The van der Waals surface area contributed by atoms with E-state index in [-0.39, 0.29) is 18.6 Å². The monoisotopic (exact) mass is 268 g/mol. The Morgan fingerprint density at radius 1 is 1.47 bits per heavy atom. The second kappa shape index (κ2) is 6.35. The molecule has 0 amide bonds. The average molecular weight is 268 g/mol. The third-order valence-corrected chi connectivity index (χ3v) is 3.62. The molecule has 19 heavy (non-hydrogen) atoms. The molecule has 0 spiro atoms. The van der Waals surface area contributed by atoms with Crippen molar-refractivity contribution in [2.75, 3.05) is 13.2 Å². The SMILES string of the molecule is CCCC1COc2cc(C(O)CCO)c(F)cc2C1. The summed E-state index contributed by atoms with van der Waals surface area (Å²) in [4.78, 5) is 0. The largest absolute Gasteiger partial charge is 0.493 e. The molecular weight excluding hydrogens is 247 g/mol. The van der Waals surface area contributed by atoms with Crippen molar-refractivity contribution >= 4 is 0 Å². The molecule has 0 saturated heterocycles. The lowest BCUT2D eigenvalue weighted by molar-refractivity contribution is 0.130. The number of halogens is 1. The number of hydrogen-bond donors (Lipinski definition) is 2. The molecule has 2 unspecified atom stereocenters. The molecule has 0 aliphatic carbocycles. The molecule has 0 saturated carbocycles. The molecule has 1 aromatic carbocycles. The summed E-state index contributed by atoms with van der Waals surface area (Å²) in [6.45, 7) is 2.61. The smallest absolute Gasteiger partial charge is 0.129 e. The number of ether oxygens (including phenoxy) is 1. The maximum absolute atomic E-state index is 14.0. The number of benzene rings is 1. The fourth-order valence-corrected chi connectivity index (χ4v) is 2.61. The van der Waals surface area contributed by atoms with Gasteiger partial charge >= 0.3 is 0 Å². The van der Waals surface area contributed by atoms with E-state index in [1.165, 1.54) is 6.07 Å². The molecule has 4 heteroatoms. The summed E-state index contributed by atoms with van der Waals surface area (Å²) < 4.78 is 19.6. The molecule has 0 bridgehead atoms. The predicted octanol–water partition coefficient (Wildman–Crippen LogP) is 2.59. The highest BCUT2D eigenvalue weighted by atomic mass is 19.1. The maximum Gasteiger partial charge on any atom is 0.129 e. The van der Waals surface area contributed by atoms with Gasteiger partial charge in [-0.05, 0) is 36.5 Å². The highest BCUT2D eigenvalue weighted by molar-refractivity contribution is 5.41. The van der Waals surface area contributed by atoms with Gasteiger partial charge in [0.1, 0.15) is 11.6 Å². The third-order valence-electron chi connectivity index (χ3n) is 3.62. The van der Waals surface area contributed by atoms with Gasteiger partial charge in [0.25, 0.3) is 0 Å². The summed E-state index contributed by atoms with van der Waals surface area (Å²) >= 11 is 0. The lowest BCUT2D eigenvalue weighted by Gasteiger charge is -2.26. The van der Waals surface area contributed by atoms with Gasteiger partial charge in [-0.25, -0.2) is 4.39 Å². The molecule has 2 rings (SSSR count). The summed E-state index contributed by atoms with van der Waals surface area (Å²) in [7, 11) is 0. The molecule has 2 N–H and O–H groups in total. The molecule has 0 radical (unpaired) electrons. The zero-order valence-electron chi connectivity index (χ0n) is 11.2. The molecule has 1 aliphatic rings. The third kappa shape index (κ3) is 3.25. The van der Waals surface area contributed by atoms with Gasteiger partial charge in [0, 0.05) is 18.6 Å². The van der Waals surface area contributed by atoms with Gasteiger partial charge in [-0.3, -0.25) is 0 Å². The Labute approximate surface area is 113 Å². The summed E-state index contributed by atoms with van der Waals surface area (Å²) in [5.74, 6) is 0.700. The van der Waals surface area contributed by atoms with E-state index in [0.29, 0.717) is 18.3 Å². The van der Waals surface area contributed by atoms with E-state index in [1.54, 1.807) is 6.07 Å². The van der Waals surface area contributed by atoms with Crippen molar-refractivity contribution in [1.82, 2.24) is 0 Å². The molecule has 1 aliphatic heterocycles. The van der Waals surface area contributed by atoms with Gasteiger partial charge in [-0.2, -0.15) is 0 Å². The lowest BCUT2D eigenvalue weighted by atomic mass is 9.91. The Morgan fingerprint density at radius 2 is 2.26 bits per heavy atom. The molecule has 1 aromatic rings. The van der Waals surface area contributed by atoms with Crippen molar-refractivity contribution in [3.63, 3.8) is 0 Å². The first-order chi connectivity index (χ1) is 9.15. The van der Waals surface area contributed by atoms with Crippen LogP contribution in [0.4, 0.5) is 4.39 Å². The van der Waals surface area contributed by atoms with E-state index >= 15 is 0 Å². The Morgan fingerprint density at radius 3 is 2.95 bits per heavy atom. The number of hydrogen-bond acceptors (Lipinski definition) is 3. The molecular formula is C15H21FO3. The van der Waals surface area contributed by atoms with Crippen molar-refractivity contribution in [2.45, 2.75) is 38.7 Å². The molecule has 0 aromatic heterocycles. The number of fused-ring (bicyclic) bond motifs is 1. The van der Waals surface area contributed by atoms with Crippen molar-refractivity contribution in [2.24, 2.45) is 5.92 Å². The normalized spacial score (nSPS) is 19.7. The van der Waals surface area contributed by atoms with Gasteiger partial charge < -0.3 is 14.9 Å². The fourth-order valence-electron chi connectivity index (χ4n) is 2.61. The minimum atomic E-state index is -0.979. The van der Waals surface area contributed by atoms with Gasteiger partial charge in [0.05, 0.1) is 12.7 Å². The average Bonchev–Trinajstić information content (AvgIpc) is 2.38. The lowest BCUT2D eigenvalue weighted by Crippen LogP contribution is -2.21. The van der Waals surface area contributed by atoms with E-state index in [9.17, 15) is 9.50 Å². The van der Waals surface area contributed by atoms with Crippen LogP contribution in [0.5, 0.6) is 5.75 Å². The number of aliphatic hydroxyl groups is 2. The Hall–Kier alpha value is -1.13. The minimum Gasteiger partial charge on any atom is -0.493 e. The molecule has 2 atom stereocenters. The van der Waals surface area contributed by atoms with Crippen LogP contribution in [-0.2, 0) is 6.42 Å². The molecule has 3 nitrogen and oxygen atoms in total. The van der Waals surface area contributed by atoms with Crippen LogP contribution in [0, 0.1) is 11.7 Å². The van der Waals surface area contributed by atoms with Crippen LogP contribution < -0.4 is 4.74 Å². The summed E-state index contributed by atoms with van der Waals surface area (Å²) in [5, 5.41) is 18.6. The van der Waals surface area contributed by atoms with Crippen LogP contribution in [-0.4, -0.2) is 23.4 Å². The zero-order chi connectivity index (χ0) is 13.8. The van der Waals surface area contributed by atoms with Gasteiger partial charge in [-0.1, -0.05) is 13.3 Å². The van der Waals surface area contributed by atoms with Crippen molar-refractivity contribution < 1.29 is 19.3 Å². The van der Waals surface area contributed by atoms with E-state index in [4.69, 9.17) is 9.84 Å². The van der Waals surface area contributed by atoms with Crippen LogP contribution in [0.2, 0.25) is 0 Å². The van der Waals surface area contributed by atoms with Crippen molar-refractivity contribution in [3.05, 3.63) is 29.1 Å². The first-order valence-corrected chi connectivity index (χ1v) is 6.89. The highest BCUT2D eigenvalue weighted by Gasteiger charge is 2.23. The number of rotatable bonds is 5. The summed E-state index contributed by atoms with van der Waals surface area (Å²) in [5.41, 5.74) is 1.09. The quantitative estimate of drug-likeness (QED) is 0.863. The van der Waals surface area contributed by atoms with Crippen LogP contribution >= 0.6 is 0 Å². The van der Waals surface area contributed by atoms with E-state index < -0.39 is 11.9 Å². The van der Waals surface area contributed by atoms with Crippen LogP contribution in [0.25, 0.3) is 0 Å². The van der Waals surface area contributed by atoms with Crippen LogP contribution in [0.1, 0.15) is 43.4 Å². The highest BCUT2D eigenvalue weighted by Crippen LogP contribution is 2.34. The van der Waals surface area contributed by atoms with Gasteiger partial charge in [0.2, 0.25) is 0 Å². The van der Waals surface area contributed by atoms with Crippen LogP contribution in [0.15, 0.2) is 12.1 Å². The van der Waals surface area contributed by atoms with E-state index in [0.717, 1.165) is 24.8 Å². The predicted molar refractivity (Wildman–Crippen MR) is 70.7 cm³/mol. The van der Waals surface area contributed by atoms with E-state index in [2.05, 4.69) is 6.92 Å². The first kappa shape index (κ1) is 14.3. The second-order valence-electron chi connectivity index (χ2n) is 5.18. The Bertz CT molecular complexity index is 434. The number of aliphatic hydroxyl groups excluding tert-OH is 2.